The average molecular weight is 447 g/mol. The van der Waals surface area contributed by atoms with Crippen LogP contribution in [0.1, 0.15) is 5.82 Å². The largest absolute Gasteiger partial charge is 0.497 e. The fraction of sp³-hybridized carbons (Fsp3) is 0.250. The second kappa shape index (κ2) is 9.27. The van der Waals surface area contributed by atoms with Crippen LogP contribution in [0.2, 0.25) is 5.02 Å². The molecular weight excluding hydrogens is 428 g/mol. The molecule has 1 amide bonds. The monoisotopic (exact) mass is 446 g/mol. The first kappa shape index (κ1) is 20.4. The summed E-state index contributed by atoms with van der Waals surface area (Å²) in [6, 6.07) is 14.2. The van der Waals surface area contributed by atoms with Crippen LogP contribution in [0.3, 0.4) is 0 Å². The van der Waals surface area contributed by atoms with Gasteiger partial charge in [0, 0.05) is 16.8 Å². The number of hydrogen-bond acceptors (Lipinski definition) is 7. The molecular formula is C20H19ClN4O4S. The van der Waals surface area contributed by atoms with Crippen LogP contribution in [0.4, 0.5) is 0 Å². The summed E-state index contributed by atoms with van der Waals surface area (Å²) < 4.78 is 18.3. The van der Waals surface area contributed by atoms with Gasteiger partial charge in [-0.2, -0.15) is 0 Å². The highest BCUT2D eigenvalue weighted by Crippen LogP contribution is 2.24. The molecule has 4 rings (SSSR count). The first-order valence-electron chi connectivity index (χ1n) is 9.17. The van der Waals surface area contributed by atoms with Crippen LogP contribution >= 0.6 is 23.4 Å². The summed E-state index contributed by atoms with van der Waals surface area (Å²) in [5, 5.41) is 11.2. The number of hydrogen-bond donors (Lipinski definition) is 0. The van der Waals surface area contributed by atoms with Gasteiger partial charge in [0.15, 0.2) is 12.4 Å². The molecule has 1 aromatic heterocycles. The first-order valence-corrected chi connectivity index (χ1v) is 10.5. The number of carbonyl (C=O) groups is 1. The van der Waals surface area contributed by atoms with Crippen molar-refractivity contribution in [1.29, 1.82) is 0 Å². The Hall–Kier alpha value is -2.91. The third-order valence-electron chi connectivity index (χ3n) is 4.33. The lowest BCUT2D eigenvalue weighted by Gasteiger charge is -2.29. The van der Waals surface area contributed by atoms with E-state index in [1.807, 2.05) is 18.2 Å². The lowest BCUT2D eigenvalue weighted by Crippen LogP contribution is -2.47. The molecule has 1 aliphatic heterocycles. The van der Waals surface area contributed by atoms with Crippen molar-refractivity contribution in [3.8, 4) is 17.2 Å². The molecule has 0 unspecified atom stereocenters. The standard InChI is InChI=1S/C20H19ClN4O4S/c1-27-16-3-2-4-17(11-16)28-12-18-22-23-20-25(18)24(9-10-30-20)19(26)13-29-15-7-5-14(21)6-8-15/h2-8,11H,9-10,12-13H2,1H3. The van der Waals surface area contributed by atoms with Crippen molar-refractivity contribution < 1.29 is 19.0 Å². The molecule has 2 heterocycles. The fourth-order valence-corrected chi connectivity index (χ4v) is 3.86. The van der Waals surface area contributed by atoms with E-state index < -0.39 is 0 Å². The normalized spacial score (nSPS) is 12.9. The molecule has 10 heteroatoms. The van der Waals surface area contributed by atoms with Crippen molar-refractivity contribution in [3.63, 3.8) is 0 Å². The van der Waals surface area contributed by atoms with Crippen molar-refractivity contribution >= 4 is 29.3 Å². The number of thioether (sulfide) groups is 1. The van der Waals surface area contributed by atoms with E-state index in [4.69, 9.17) is 25.8 Å². The maximum Gasteiger partial charge on any atom is 0.279 e. The number of nitrogens with zero attached hydrogens (tertiary/aromatic N) is 4. The second-order valence-electron chi connectivity index (χ2n) is 6.29. The number of halogens is 1. The summed E-state index contributed by atoms with van der Waals surface area (Å²) in [5.74, 6) is 2.96. The fourth-order valence-electron chi connectivity index (χ4n) is 2.87. The minimum absolute atomic E-state index is 0.111. The molecule has 0 fully saturated rings. The van der Waals surface area contributed by atoms with Gasteiger partial charge in [0.25, 0.3) is 5.91 Å². The van der Waals surface area contributed by atoms with Gasteiger partial charge >= 0.3 is 0 Å². The Balaban J connectivity index is 1.45. The summed E-state index contributed by atoms with van der Waals surface area (Å²) in [6.45, 7) is 0.563. The zero-order valence-corrected chi connectivity index (χ0v) is 17.7. The number of carbonyl (C=O) groups excluding carboxylic acids is 1. The summed E-state index contributed by atoms with van der Waals surface area (Å²) >= 11 is 7.42. The first-order chi connectivity index (χ1) is 14.6. The van der Waals surface area contributed by atoms with Crippen molar-refractivity contribution in [2.24, 2.45) is 0 Å². The smallest absolute Gasteiger partial charge is 0.279 e. The topological polar surface area (TPSA) is 78.7 Å². The highest BCUT2D eigenvalue weighted by Gasteiger charge is 2.28. The summed E-state index contributed by atoms with van der Waals surface area (Å²) in [4.78, 5) is 12.8. The number of ether oxygens (including phenoxy) is 3. The van der Waals surface area contributed by atoms with E-state index >= 15 is 0 Å². The number of rotatable bonds is 7. The highest BCUT2D eigenvalue weighted by molar-refractivity contribution is 7.99. The van der Waals surface area contributed by atoms with Crippen LogP contribution in [0.15, 0.2) is 53.7 Å². The SMILES string of the molecule is COc1cccc(OCc2nnc3n2N(C(=O)COc2ccc(Cl)cc2)CCS3)c1. The molecule has 2 aromatic carbocycles. The van der Waals surface area contributed by atoms with Crippen molar-refractivity contribution in [3.05, 3.63) is 59.4 Å². The molecule has 0 N–H and O–H groups in total. The van der Waals surface area contributed by atoms with Crippen LogP contribution < -0.4 is 19.2 Å². The van der Waals surface area contributed by atoms with Crippen molar-refractivity contribution in [2.75, 3.05) is 31.0 Å². The van der Waals surface area contributed by atoms with Crippen LogP contribution in [0, 0.1) is 0 Å². The molecule has 0 radical (unpaired) electrons. The predicted molar refractivity (Wildman–Crippen MR) is 113 cm³/mol. The van der Waals surface area contributed by atoms with Gasteiger partial charge in [0.05, 0.1) is 13.7 Å². The lowest BCUT2D eigenvalue weighted by molar-refractivity contribution is -0.122. The van der Waals surface area contributed by atoms with E-state index in [2.05, 4.69) is 10.2 Å². The Kier molecular flexibility index (Phi) is 6.29. The molecule has 1 aliphatic rings. The van der Waals surface area contributed by atoms with Crippen LogP contribution in [-0.4, -0.2) is 46.8 Å². The highest BCUT2D eigenvalue weighted by atomic mass is 35.5. The summed E-state index contributed by atoms with van der Waals surface area (Å²) in [5.41, 5.74) is 0. The Morgan fingerprint density at radius 2 is 1.90 bits per heavy atom. The molecule has 8 nitrogen and oxygen atoms in total. The van der Waals surface area contributed by atoms with E-state index in [1.165, 1.54) is 11.8 Å². The minimum atomic E-state index is -0.200. The van der Waals surface area contributed by atoms with E-state index in [1.54, 1.807) is 47.1 Å². The van der Waals surface area contributed by atoms with Gasteiger partial charge < -0.3 is 14.2 Å². The molecule has 0 aliphatic carbocycles. The predicted octanol–water partition coefficient (Wildman–Crippen LogP) is 3.17. The number of fused-ring (bicyclic) bond motifs is 1. The second-order valence-corrected chi connectivity index (χ2v) is 7.78. The zero-order valence-electron chi connectivity index (χ0n) is 16.2. The molecule has 3 aromatic rings. The Morgan fingerprint density at radius 3 is 2.70 bits per heavy atom. The maximum atomic E-state index is 12.8. The van der Waals surface area contributed by atoms with Crippen LogP contribution in [0.5, 0.6) is 17.2 Å². The number of aromatic nitrogens is 3. The third-order valence-corrected chi connectivity index (χ3v) is 5.48. The average Bonchev–Trinajstić information content (AvgIpc) is 3.20. The quantitative estimate of drug-likeness (QED) is 0.551. The van der Waals surface area contributed by atoms with Gasteiger partial charge in [-0.1, -0.05) is 29.4 Å². The molecule has 0 atom stereocenters. The van der Waals surface area contributed by atoms with Crippen molar-refractivity contribution in [2.45, 2.75) is 11.8 Å². The Morgan fingerprint density at radius 1 is 1.10 bits per heavy atom. The molecule has 0 saturated carbocycles. The van der Waals surface area contributed by atoms with E-state index in [-0.39, 0.29) is 19.1 Å². The zero-order chi connectivity index (χ0) is 20.9. The van der Waals surface area contributed by atoms with Gasteiger partial charge in [0.2, 0.25) is 5.16 Å². The van der Waals surface area contributed by atoms with Gasteiger partial charge in [-0.15, -0.1) is 10.2 Å². The Bertz CT molecular complexity index is 1030. The van der Waals surface area contributed by atoms with Crippen molar-refractivity contribution in [1.82, 2.24) is 14.9 Å². The van der Waals surface area contributed by atoms with Gasteiger partial charge in [-0.05, 0) is 36.4 Å². The number of amides is 1. The number of methoxy groups -OCH3 is 1. The van der Waals surface area contributed by atoms with E-state index in [9.17, 15) is 4.79 Å². The minimum Gasteiger partial charge on any atom is -0.497 e. The van der Waals surface area contributed by atoms with Crippen LogP contribution in [0.25, 0.3) is 0 Å². The van der Waals surface area contributed by atoms with Crippen LogP contribution in [-0.2, 0) is 11.4 Å². The van der Waals surface area contributed by atoms with Gasteiger partial charge in [-0.3, -0.25) is 4.79 Å². The molecule has 0 spiro atoms. The molecule has 30 heavy (non-hydrogen) atoms. The van der Waals surface area contributed by atoms with Gasteiger partial charge in [-0.25, -0.2) is 9.69 Å². The third kappa shape index (κ3) is 4.63. The van der Waals surface area contributed by atoms with E-state index in [0.29, 0.717) is 39.8 Å². The van der Waals surface area contributed by atoms with E-state index in [0.717, 1.165) is 5.75 Å². The number of benzene rings is 2. The molecule has 0 saturated heterocycles. The maximum absolute atomic E-state index is 12.8. The lowest BCUT2D eigenvalue weighted by atomic mass is 10.3. The molecule has 0 bridgehead atoms. The Labute approximate surface area is 182 Å². The summed E-state index contributed by atoms with van der Waals surface area (Å²) in [6.07, 6.45) is 0. The molecule has 156 valence electrons. The summed E-state index contributed by atoms with van der Waals surface area (Å²) in [7, 11) is 1.60. The van der Waals surface area contributed by atoms with Gasteiger partial charge in [0.1, 0.15) is 23.9 Å².